The van der Waals surface area contributed by atoms with Gasteiger partial charge in [-0.05, 0) is 17.7 Å². The zero-order chi connectivity index (χ0) is 17.9. The standard InChI is InChI=1S/C20H19O4P/c1-24-19-14-15(12-13-18(19)21)20(22)25(23,16-8-4-2-5-9-16)17-10-6-3-7-11-17/h2-14,20-22H,1H3. The van der Waals surface area contributed by atoms with Gasteiger partial charge in [0.15, 0.2) is 18.6 Å². The molecule has 2 N–H and O–H groups in total. The summed E-state index contributed by atoms with van der Waals surface area (Å²) in [6, 6.07) is 22.4. The Hall–Kier alpha value is -2.55. The van der Waals surface area contributed by atoms with E-state index in [1.165, 1.54) is 19.2 Å². The van der Waals surface area contributed by atoms with Gasteiger partial charge in [0.25, 0.3) is 0 Å². The third-order valence-electron chi connectivity index (χ3n) is 4.13. The lowest BCUT2D eigenvalue weighted by Crippen LogP contribution is -2.21. The van der Waals surface area contributed by atoms with Crippen LogP contribution in [0, 0.1) is 0 Å². The van der Waals surface area contributed by atoms with E-state index in [-0.39, 0.29) is 11.5 Å². The maximum absolute atomic E-state index is 14.0. The van der Waals surface area contributed by atoms with Crippen LogP contribution in [0.25, 0.3) is 0 Å². The van der Waals surface area contributed by atoms with Crippen LogP contribution < -0.4 is 15.3 Å². The summed E-state index contributed by atoms with van der Waals surface area (Å²) < 4.78 is 19.2. The van der Waals surface area contributed by atoms with Crippen LogP contribution in [0.2, 0.25) is 0 Å². The second-order valence-electron chi connectivity index (χ2n) is 5.63. The van der Waals surface area contributed by atoms with Gasteiger partial charge in [0, 0.05) is 10.6 Å². The van der Waals surface area contributed by atoms with Crippen LogP contribution in [0.15, 0.2) is 78.9 Å². The monoisotopic (exact) mass is 354 g/mol. The van der Waals surface area contributed by atoms with Crippen LogP contribution >= 0.6 is 7.14 Å². The molecule has 0 saturated carbocycles. The van der Waals surface area contributed by atoms with E-state index in [2.05, 4.69) is 0 Å². The molecule has 4 nitrogen and oxygen atoms in total. The lowest BCUT2D eigenvalue weighted by atomic mass is 10.2. The van der Waals surface area contributed by atoms with E-state index in [0.29, 0.717) is 16.2 Å². The van der Waals surface area contributed by atoms with Crippen LogP contribution in [0.3, 0.4) is 0 Å². The normalized spacial score (nSPS) is 12.6. The Morgan fingerprint density at radius 1 is 0.880 bits per heavy atom. The number of aliphatic hydroxyl groups is 1. The molecule has 0 aromatic heterocycles. The van der Waals surface area contributed by atoms with Crippen molar-refractivity contribution in [3.8, 4) is 11.5 Å². The summed E-state index contributed by atoms with van der Waals surface area (Å²) in [5.41, 5.74) is 0.422. The summed E-state index contributed by atoms with van der Waals surface area (Å²) in [6.07, 6.45) is 0. The minimum atomic E-state index is -3.36. The van der Waals surface area contributed by atoms with Crippen LogP contribution in [0.5, 0.6) is 11.5 Å². The Morgan fingerprint density at radius 2 is 1.40 bits per heavy atom. The molecule has 0 heterocycles. The molecule has 0 saturated heterocycles. The SMILES string of the molecule is COc1cc(C(O)P(=O)(c2ccccc2)c2ccccc2)ccc1O. The van der Waals surface area contributed by atoms with Gasteiger partial charge in [-0.15, -0.1) is 0 Å². The number of aromatic hydroxyl groups is 1. The summed E-state index contributed by atoms with van der Waals surface area (Å²) in [7, 11) is -1.93. The topological polar surface area (TPSA) is 66.8 Å². The number of phenols is 1. The highest BCUT2D eigenvalue weighted by Gasteiger charge is 2.36. The highest BCUT2D eigenvalue weighted by atomic mass is 31.2. The van der Waals surface area contributed by atoms with Gasteiger partial charge in [-0.1, -0.05) is 66.7 Å². The first-order valence-corrected chi connectivity index (χ1v) is 9.61. The molecule has 0 radical (unpaired) electrons. The van der Waals surface area contributed by atoms with E-state index in [9.17, 15) is 14.8 Å². The molecular formula is C20H19O4P. The predicted molar refractivity (Wildman–Crippen MR) is 99.4 cm³/mol. The van der Waals surface area contributed by atoms with Crippen molar-refractivity contribution in [2.24, 2.45) is 0 Å². The van der Waals surface area contributed by atoms with Crippen molar-refractivity contribution < 1.29 is 19.5 Å². The van der Waals surface area contributed by atoms with Crippen molar-refractivity contribution in [2.75, 3.05) is 7.11 Å². The molecule has 0 amide bonds. The van der Waals surface area contributed by atoms with Gasteiger partial charge in [0.05, 0.1) is 7.11 Å². The molecule has 0 aliphatic rings. The largest absolute Gasteiger partial charge is 0.504 e. The van der Waals surface area contributed by atoms with E-state index in [0.717, 1.165) is 0 Å². The van der Waals surface area contributed by atoms with E-state index in [1.807, 2.05) is 12.1 Å². The molecule has 3 aromatic carbocycles. The number of rotatable bonds is 5. The first-order valence-electron chi connectivity index (χ1n) is 7.83. The zero-order valence-electron chi connectivity index (χ0n) is 13.7. The van der Waals surface area contributed by atoms with Crippen LogP contribution in [-0.4, -0.2) is 17.3 Å². The van der Waals surface area contributed by atoms with E-state index >= 15 is 0 Å². The average molecular weight is 354 g/mol. The molecule has 0 fully saturated rings. The lowest BCUT2D eigenvalue weighted by molar-refractivity contribution is 0.256. The maximum Gasteiger partial charge on any atom is 0.174 e. The van der Waals surface area contributed by atoms with Crippen molar-refractivity contribution >= 4 is 17.8 Å². The molecule has 25 heavy (non-hydrogen) atoms. The number of aliphatic hydroxyl groups excluding tert-OH is 1. The summed E-state index contributed by atoms with van der Waals surface area (Å²) in [5, 5.41) is 22.0. The Labute approximate surface area is 146 Å². The van der Waals surface area contributed by atoms with Crippen LogP contribution in [0.1, 0.15) is 11.4 Å². The highest BCUT2D eigenvalue weighted by Crippen LogP contribution is 2.56. The van der Waals surface area contributed by atoms with E-state index < -0.39 is 13.0 Å². The molecule has 0 aliphatic heterocycles. The van der Waals surface area contributed by atoms with Crippen molar-refractivity contribution in [2.45, 2.75) is 5.85 Å². The first-order chi connectivity index (χ1) is 12.1. The second kappa shape index (κ2) is 7.14. The Balaban J connectivity index is 2.17. The molecule has 0 aliphatic carbocycles. The van der Waals surface area contributed by atoms with Crippen LogP contribution in [0.4, 0.5) is 0 Å². The Bertz CT molecular complexity index is 851. The number of methoxy groups -OCH3 is 1. The van der Waals surface area contributed by atoms with E-state index in [4.69, 9.17) is 4.74 Å². The van der Waals surface area contributed by atoms with Gasteiger partial charge < -0.3 is 19.5 Å². The quantitative estimate of drug-likeness (QED) is 0.689. The van der Waals surface area contributed by atoms with E-state index in [1.54, 1.807) is 54.6 Å². The molecule has 5 heteroatoms. The Morgan fingerprint density at radius 3 is 1.88 bits per heavy atom. The molecule has 3 rings (SSSR count). The number of hydrogen-bond acceptors (Lipinski definition) is 4. The molecule has 0 spiro atoms. The van der Waals surface area contributed by atoms with Crippen molar-refractivity contribution in [3.63, 3.8) is 0 Å². The number of ether oxygens (including phenoxy) is 1. The molecule has 1 atom stereocenters. The number of benzene rings is 3. The second-order valence-corrected chi connectivity index (χ2v) is 8.47. The maximum atomic E-state index is 14.0. The van der Waals surface area contributed by atoms with Gasteiger partial charge >= 0.3 is 0 Å². The fourth-order valence-corrected chi connectivity index (χ4v) is 5.47. The molecule has 128 valence electrons. The Kier molecular flexibility index (Phi) is 4.93. The summed E-state index contributed by atoms with van der Waals surface area (Å²) >= 11 is 0. The smallest absolute Gasteiger partial charge is 0.174 e. The highest BCUT2D eigenvalue weighted by molar-refractivity contribution is 7.78. The predicted octanol–water partition coefficient (Wildman–Crippen LogP) is 3.41. The summed E-state index contributed by atoms with van der Waals surface area (Å²) in [4.78, 5) is 0. The molecular weight excluding hydrogens is 335 g/mol. The third-order valence-corrected chi connectivity index (χ3v) is 7.24. The summed E-state index contributed by atoms with van der Waals surface area (Å²) in [6.45, 7) is 0. The average Bonchev–Trinajstić information content (AvgIpc) is 2.68. The van der Waals surface area contributed by atoms with Gasteiger partial charge in [-0.25, -0.2) is 0 Å². The molecule has 3 aromatic rings. The first kappa shape index (κ1) is 17.3. The van der Waals surface area contributed by atoms with Crippen molar-refractivity contribution in [1.29, 1.82) is 0 Å². The molecule has 0 bridgehead atoms. The van der Waals surface area contributed by atoms with Crippen molar-refractivity contribution in [1.82, 2.24) is 0 Å². The van der Waals surface area contributed by atoms with Crippen LogP contribution in [-0.2, 0) is 4.57 Å². The van der Waals surface area contributed by atoms with Gasteiger partial charge in [-0.3, -0.25) is 0 Å². The summed E-state index contributed by atoms with van der Waals surface area (Å²) in [5.74, 6) is -1.07. The zero-order valence-corrected chi connectivity index (χ0v) is 14.6. The number of hydrogen-bond donors (Lipinski definition) is 2. The van der Waals surface area contributed by atoms with Gasteiger partial charge in [0.1, 0.15) is 5.85 Å². The fraction of sp³-hybridized carbons (Fsp3) is 0.100. The van der Waals surface area contributed by atoms with Gasteiger partial charge in [-0.2, -0.15) is 0 Å². The fourth-order valence-electron chi connectivity index (χ4n) is 2.80. The lowest BCUT2D eigenvalue weighted by Gasteiger charge is -2.25. The van der Waals surface area contributed by atoms with Crippen molar-refractivity contribution in [3.05, 3.63) is 84.4 Å². The minimum absolute atomic E-state index is 0.0345. The minimum Gasteiger partial charge on any atom is -0.504 e. The number of phenolic OH excluding ortho intramolecular Hbond substituents is 1. The third kappa shape index (κ3) is 3.19. The molecule has 1 unspecified atom stereocenters. The van der Waals surface area contributed by atoms with Gasteiger partial charge in [0.2, 0.25) is 0 Å².